The Kier molecular flexibility index (Phi) is 4.43. The molecule has 1 fully saturated rings. The Morgan fingerprint density at radius 3 is 2.78 bits per heavy atom. The largest absolute Gasteiger partial charge is 0.337 e. The van der Waals surface area contributed by atoms with Crippen molar-refractivity contribution >= 4 is 5.91 Å². The number of nitrogens with zero attached hydrogens (tertiary/aromatic N) is 3. The smallest absolute Gasteiger partial charge is 0.257 e. The maximum atomic E-state index is 13.1. The summed E-state index contributed by atoms with van der Waals surface area (Å²) in [7, 11) is 1.93. The molecular weight excluding hydrogens is 295 g/mol. The highest BCUT2D eigenvalue weighted by Gasteiger charge is 2.26. The van der Waals surface area contributed by atoms with Crippen molar-refractivity contribution in [2.45, 2.75) is 25.8 Å². The van der Waals surface area contributed by atoms with Gasteiger partial charge in [0.25, 0.3) is 5.91 Å². The normalized spacial score (nSPS) is 18.2. The molecule has 1 saturated heterocycles. The number of halogens is 1. The quantitative estimate of drug-likeness (QED) is 0.944. The lowest BCUT2D eigenvalue weighted by molar-refractivity contribution is 0.0697. The highest BCUT2D eigenvalue weighted by Crippen LogP contribution is 2.19. The van der Waals surface area contributed by atoms with Crippen molar-refractivity contribution < 1.29 is 9.18 Å². The van der Waals surface area contributed by atoms with Gasteiger partial charge in [-0.15, -0.1) is 0 Å². The Bertz CT molecular complexity index is 695. The first-order valence-electron chi connectivity index (χ1n) is 7.87. The van der Waals surface area contributed by atoms with Gasteiger partial charge >= 0.3 is 0 Å². The van der Waals surface area contributed by atoms with Gasteiger partial charge in [-0.25, -0.2) is 9.07 Å². The number of piperidine rings is 1. The Morgan fingerprint density at radius 2 is 2.09 bits per heavy atom. The summed E-state index contributed by atoms with van der Waals surface area (Å²) in [5.41, 5.74) is 2.12. The molecule has 1 aliphatic heterocycles. The predicted molar refractivity (Wildman–Crippen MR) is 86.2 cm³/mol. The molecule has 0 aliphatic carbocycles. The summed E-state index contributed by atoms with van der Waals surface area (Å²) in [6.07, 6.45) is 3.69. The Labute approximate surface area is 135 Å². The molecule has 0 radical (unpaired) electrons. The Morgan fingerprint density at radius 1 is 1.35 bits per heavy atom. The molecule has 1 aliphatic rings. The van der Waals surface area contributed by atoms with E-state index in [1.165, 1.54) is 12.1 Å². The SMILES string of the molecule is CN[C@H]1CCCN(C(=O)c2cnn(-c3ccc(F)cc3)c2C)C1. The van der Waals surface area contributed by atoms with E-state index in [1.807, 2.05) is 18.9 Å². The fourth-order valence-corrected chi connectivity index (χ4v) is 3.03. The number of carbonyl (C=O) groups is 1. The number of benzene rings is 1. The molecule has 23 heavy (non-hydrogen) atoms. The first kappa shape index (κ1) is 15.7. The topological polar surface area (TPSA) is 50.2 Å². The summed E-state index contributed by atoms with van der Waals surface area (Å²) >= 11 is 0. The number of likely N-dealkylation sites (tertiary alicyclic amines) is 1. The van der Waals surface area contributed by atoms with Gasteiger partial charge in [-0.3, -0.25) is 4.79 Å². The van der Waals surface area contributed by atoms with Gasteiger partial charge < -0.3 is 10.2 Å². The van der Waals surface area contributed by atoms with E-state index in [1.54, 1.807) is 23.0 Å². The molecule has 0 unspecified atom stereocenters. The fourth-order valence-electron chi connectivity index (χ4n) is 3.03. The van der Waals surface area contributed by atoms with E-state index >= 15 is 0 Å². The van der Waals surface area contributed by atoms with Crippen molar-refractivity contribution in [2.75, 3.05) is 20.1 Å². The minimum absolute atomic E-state index is 0.0100. The maximum Gasteiger partial charge on any atom is 0.257 e. The van der Waals surface area contributed by atoms with Crippen LogP contribution in [0.2, 0.25) is 0 Å². The second-order valence-electron chi connectivity index (χ2n) is 5.91. The average molecular weight is 316 g/mol. The van der Waals surface area contributed by atoms with Crippen LogP contribution in [0.3, 0.4) is 0 Å². The molecule has 0 saturated carbocycles. The molecule has 1 N–H and O–H groups in total. The Balaban J connectivity index is 1.83. The van der Waals surface area contributed by atoms with Crippen LogP contribution in [0, 0.1) is 12.7 Å². The van der Waals surface area contributed by atoms with E-state index in [0.717, 1.165) is 37.3 Å². The van der Waals surface area contributed by atoms with Gasteiger partial charge in [-0.2, -0.15) is 5.10 Å². The van der Waals surface area contributed by atoms with Crippen LogP contribution in [0.4, 0.5) is 4.39 Å². The summed E-state index contributed by atoms with van der Waals surface area (Å²) in [4.78, 5) is 14.6. The molecule has 3 rings (SSSR count). The summed E-state index contributed by atoms with van der Waals surface area (Å²) in [5, 5.41) is 7.54. The molecule has 1 atom stereocenters. The third-order valence-corrected chi connectivity index (χ3v) is 4.43. The Hall–Kier alpha value is -2.21. The lowest BCUT2D eigenvalue weighted by Gasteiger charge is -2.32. The molecule has 2 aromatic rings. The van der Waals surface area contributed by atoms with Crippen molar-refractivity contribution in [3.05, 3.63) is 47.5 Å². The zero-order chi connectivity index (χ0) is 16.4. The molecule has 5 nitrogen and oxygen atoms in total. The number of carbonyl (C=O) groups excluding carboxylic acids is 1. The number of rotatable bonds is 3. The van der Waals surface area contributed by atoms with Crippen LogP contribution in [0.25, 0.3) is 5.69 Å². The van der Waals surface area contributed by atoms with Crippen LogP contribution in [0.5, 0.6) is 0 Å². The van der Waals surface area contributed by atoms with Crippen LogP contribution >= 0.6 is 0 Å². The second-order valence-corrected chi connectivity index (χ2v) is 5.91. The molecule has 122 valence electrons. The van der Waals surface area contributed by atoms with E-state index in [-0.39, 0.29) is 11.7 Å². The summed E-state index contributed by atoms with van der Waals surface area (Å²) in [5.74, 6) is -0.280. The van der Waals surface area contributed by atoms with Crippen LogP contribution in [0.1, 0.15) is 28.9 Å². The zero-order valence-electron chi connectivity index (χ0n) is 13.4. The summed E-state index contributed by atoms with van der Waals surface area (Å²) < 4.78 is 14.7. The first-order chi connectivity index (χ1) is 11.1. The van der Waals surface area contributed by atoms with Gasteiger partial charge in [0.1, 0.15) is 5.82 Å². The average Bonchev–Trinajstić information content (AvgIpc) is 2.96. The third kappa shape index (κ3) is 3.12. The summed E-state index contributed by atoms with van der Waals surface area (Å²) in [6.45, 7) is 3.36. The third-order valence-electron chi connectivity index (χ3n) is 4.43. The lowest BCUT2D eigenvalue weighted by atomic mass is 10.0. The van der Waals surface area contributed by atoms with Gasteiger partial charge in [0.2, 0.25) is 0 Å². The van der Waals surface area contributed by atoms with Gasteiger partial charge in [-0.05, 0) is 51.1 Å². The van der Waals surface area contributed by atoms with Crippen molar-refractivity contribution in [3.8, 4) is 5.69 Å². The van der Waals surface area contributed by atoms with Crippen LogP contribution < -0.4 is 5.32 Å². The summed E-state index contributed by atoms with van der Waals surface area (Å²) in [6, 6.07) is 6.43. The van der Waals surface area contributed by atoms with Crippen molar-refractivity contribution in [2.24, 2.45) is 0 Å². The van der Waals surface area contributed by atoms with Crippen LogP contribution in [-0.4, -0.2) is 46.8 Å². The molecule has 1 aromatic carbocycles. The number of amides is 1. The molecule has 1 amide bonds. The number of nitrogens with one attached hydrogen (secondary N) is 1. The second kappa shape index (κ2) is 6.50. The molecule has 0 bridgehead atoms. The number of likely N-dealkylation sites (N-methyl/N-ethyl adjacent to an activating group) is 1. The van der Waals surface area contributed by atoms with E-state index in [9.17, 15) is 9.18 Å². The molecule has 1 aromatic heterocycles. The van der Waals surface area contributed by atoms with E-state index < -0.39 is 0 Å². The van der Waals surface area contributed by atoms with Crippen molar-refractivity contribution in [1.29, 1.82) is 0 Å². The molecule has 0 spiro atoms. The zero-order valence-corrected chi connectivity index (χ0v) is 13.4. The first-order valence-corrected chi connectivity index (χ1v) is 7.87. The van der Waals surface area contributed by atoms with Gasteiger partial charge in [0.15, 0.2) is 0 Å². The lowest BCUT2D eigenvalue weighted by Crippen LogP contribution is -2.47. The minimum Gasteiger partial charge on any atom is -0.337 e. The van der Waals surface area contributed by atoms with Gasteiger partial charge in [0, 0.05) is 19.1 Å². The molecular formula is C17H21FN4O. The molecule has 2 heterocycles. The van der Waals surface area contributed by atoms with E-state index in [2.05, 4.69) is 10.4 Å². The van der Waals surface area contributed by atoms with E-state index in [0.29, 0.717) is 11.6 Å². The monoisotopic (exact) mass is 316 g/mol. The minimum atomic E-state index is -0.290. The fraction of sp³-hybridized carbons (Fsp3) is 0.412. The standard InChI is InChI=1S/C17H21FN4O/c1-12-16(17(23)21-9-3-4-14(11-21)19-2)10-20-22(12)15-7-5-13(18)6-8-15/h5-8,10,14,19H,3-4,9,11H2,1-2H3/t14-/m0/s1. The number of hydrogen-bond donors (Lipinski definition) is 1. The highest BCUT2D eigenvalue weighted by atomic mass is 19.1. The maximum absolute atomic E-state index is 13.1. The predicted octanol–water partition coefficient (Wildman–Crippen LogP) is 2.14. The van der Waals surface area contributed by atoms with Crippen LogP contribution in [-0.2, 0) is 0 Å². The highest BCUT2D eigenvalue weighted by molar-refractivity contribution is 5.95. The van der Waals surface area contributed by atoms with Crippen LogP contribution in [0.15, 0.2) is 30.5 Å². The van der Waals surface area contributed by atoms with E-state index in [4.69, 9.17) is 0 Å². The number of hydrogen-bond acceptors (Lipinski definition) is 3. The van der Waals surface area contributed by atoms with Crippen molar-refractivity contribution in [3.63, 3.8) is 0 Å². The number of aromatic nitrogens is 2. The van der Waals surface area contributed by atoms with Gasteiger partial charge in [-0.1, -0.05) is 0 Å². The van der Waals surface area contributed by atoms with Crippen molar-refractivity contribution in [1.82, 2.24) is 20.0 Å². The molecule has 6 heteroatoms. The van der Waals surface area contributed by atoms with Gasteiger partial charge in [0.05, 0.1) is 23.1 Å².